The lowest BCUT2D eigenvalue weighted by molar-refractivity contribution is -0.117. The fraction of sp³-hybridized carbons (Fsp3) is 0.800. The quantitative estimate of drug-likeness (QED) is 0.439. The van der Waals surface area contributed by atoms with Crippen LogP contribution in [0.4, 0.5) is 0 Å². The van der Waals surface area contributed by atoms with Crippen molar-refractivity contribution < 1.29 is 4.79 Å². The highest BCUT2D eigenvalue weighted by atomic mass is 16.1. The molecule has 1 fully saturated rings. The molecule has 1 saturated carbocycles. The molecule has 0 aromatic rings. The number of unbranched alkanes of at least 4 members (excludes halogenated alkanes) is 1. The number of Topliss-reactive ketones (excluding diaryl/α,β-unsaturated/α-hetero) is 1. The predicted molar refractivity (Wildman–Crippen MR) is 76.7 cm³/mol. The van der Waals surface area contributed by atoms with Crippen LogP contribution in [0.5, 0.6) is 0 Å². The van der Waals surface area contributed by atoms with E-state index in [1.54, 1.807) is 6.92 Å². The van der Waals surface area contributed by atoms with E-state index in [4.69, 9.17) is 11.6 Å². The second kappa shape index (κ2) is 6.42. The lowest BCUT2D eigenvalue weighted by Gasteiger charge is -2.25. The number of rotatable bonds is 6. The molecule has 108 valence electrons. The smallest absolute Gasteiger partial charge is 0.129 e. The van der Waals surface area contributed by atoms with E-state index in [1.807, 2.05) is 5.01 Å². The minimum atomic E-state index is 0.257. The van der Waals surface area contributed by atoms with E-state index in [0.29, 0.717) is 6.42 Å². The maximum atomic E-state index is 10.9. The molecule has 2 aliphatic carbocycles. The Kier molecular flexibility index (Phi) is 4.86. The van der Waals surface area contributed by atoms with Crippen LogP contribution in [0.2, 0.25) is 0 Å². The molecule has 19 heavy (non-hydrogen) atoms. The van der Waals surface area contributed by atoms with E-state index in [1.165, 1.54) is 19.3 Å². The Balaban J connectivity index is 1.80. The van der Waals surface area contributed by atoms with Gasteiger partial charge in [0.2, 0.25) is 0 Å². The van der Waals surface area contributed by atoms with Crippen LogP contribution in [-0.4, -0.2) is 17.3 Å². The average molecular weight is 265 g/mol. The first kappa shape index (κ1) is 14.4. The lowest BCUT2D eigenvalue weighted by Crippen LogP contribution is -2.34. The van der Waals surface area contributed by atoms with Crippen molar-refractivity contribution in [3.63, 3.8) is 0 Å². The van der Waals surface area contributed by atoms with Gasteiger partial charge in [-0.05, 0) is 63.7 Å². The molecule has 0 aromatic carbocycles. The average Bonchev–Trinajstić information content (AvgIpc) is 3.08. The number of nitrogens with zero attached hydrogens (tertiary/aromatic N) is 1. The summed E-state index contributed by atoms with van der Waals surface area (Å²) in [4.78, 5) is 10.9. The molecule has 0 heterocycles. The normalized spacial score (nSPS) is 30.2. The number of hydrogen-bond donors (Lipinski definition) is 2. The van der Waals surface area contributed by atoms with Crippen LogP contribution in [-0.2, 0) is 4.79 Å². The third kappa shape index (κ3) is 4.23. The first-order valence-corrected chi connectivity index (χ1v) is 7.57. The van der Waals surface area contributed by atoms with Gasteiger partial charge in [-0.15, -0.1) is 0 Å². The molecule has 2 aliphatic rings. The monoisotopic (exact) mass is 265 g/mol. The zero-order valence-electron chi connectivity index (χ0n) is 12.0. The number of carbonyl (C=O) groups excluding carboxylic acids is 1. The topological polar surface area (TPSA) is 72.3 Å². The number of hydrazine groups is 1. The number of hydrogen-bond acceptors (Lipinski definition) is 4. The summed E-state index contributed by atoms with van der Waals surface area (Å²) in [5.74, 6) is 8.26. The van der Waals surface area contributed by atoms with Gasteiger partial charge in [0.15, 0.2) is 0 Å². The Morgan fingerprint density at radius 3 is 2.63 bits per heavy atom. The van der Waals surface area contributed by atoms with Crippen molar-refractivity contribution in [2.24, 2.45) is 23.4 Å². The van der Waals surface area contributed by atoms with E-state index < -0.39 is 0 Å². The van der Waals surface area contributed by atoms with Crippen LogP contribution >= 0.6 is 0 Å². The van der Waals surface area contributed by atoms with E-state index in [9.17, 15) is 4.79 Å². The van der Waals surface area contributed by atoms with Crippen molar-refractivity contribution >= 4 is 5.78 Å². The molecule has 0 spiro atoms. The van der Waals surface area contributed by atoms with E-state index >= 15 is 0 Å². The highest BCUT2D eigenvalue weighted by molar-refractivity contribution is 5.75. The Morgan fingerprint density at radius 2 is 1.95 bits per heavy atom. The Morgan fingerprint density at radius 1 is 1.26 bits per heavy atom. The van der Waals surface area contributed by atoms with Gasteiger partial charge in [0, 0.05) is 24.4 Å². The Hall–Kier alpha value is -1.03. The van der Waals surface area contributed by atoms with Crippen molar-refractivity contribution in [3.8, 4) is 0 Å². The largest absolute Gasteiger partial charge is 0.401 e. The van der Waals surface area contributed by atoms with Crippen molar-refractivity contribution in [2.75, 3.05) is 6.54 Å². The van der Waals surface area contributed by atoms with E-state index in [-0.39, 0.29) is 5.78 Å². The molecule has 4 nitrogen and oxygen atoms in total. The van der Waals surface area contributed by atoms with E-state index in [2.05, 4.69) is 0 Å². The summed E-state index contributed by atoms with van der Waals surface area (Å²) in [6.07, 6.45) is 8.42. The van der Waals surface area contributed by atoms with Crippen molar-refractivity contribution in [2.45, 2.75) is 58.3 Å². The molecule has 4 N–H and O–H groups in total. The SMILES string of the molecule is CC(=O)CCCCN(N)/C1=C(\N)CCC2CC2CC1. The maximum Gasteiger partial charge on any atom is 0.129 e. The van der Waals surface area contributed by atoms with E-state index in [0.717, 1.165) is 55.5 Å². The third-order valence-electron chi connectivity index (χ3n) is 4.50. The summed E-state index contributed by atoms with van der Waals surface area (Å²) in [5, 5.41) is 1.83. The molecular formula is C15H27N3O. The van der Waals surface area contributed by atoms with Crippen LogP contribution < -0.4 is 11.6 Å². The minimum absolute atomic E-state index is 0.257. The van der Waals surface area contributed by atoms with Crippen LogP contribution in [0.25, 0.3) is 0 Å². The summed E-state index contributed by atoms with van der Waals surface area (Å²) in [6.45, 7) is 2.44. The first-order chi connectivity index (χ1) is 9.08. The lowest BCUT2D eigenvalue weighted by atomic mass is 10.0. The Bertz CT molecular complexity index is 364. The molecule has 4 heteroatoms. The molecule has 2 atom stereocenters. The molecule has 2 unspecified atom stereocenters. The molecular weight excluding hydrogens is 238 g/mol. The van der Waals surface area contributed by atoms with Gasteiger partial charge in [-0.3, -0.25) is 0 Å². The van der Waals surface area contributed by atoms with Crippen molar-refractivity contribution in [3.05, 3.63) is 11.4 Å². The minimum Gasteiger partial charge on any atom is -0.401 e. The van der Waals surface area contributed by atoms with Gasteiger partial charge in [-0.2, -0.15) is 0 Å². The van der Waals surface area contributed by atoms with Gasteiger partial charge < -0.3 is 15.5 Å². The van der Waals surface area contributed by atoms with Crippen LogP contribution in [0.15, 0.2) is 11.4 Å². The van der Waals surface area contributed by atoms with Crippen molar-refractivity contribution in [1.29, 1.82) is 0 Å². The summed E-state index contributed by atoms with van der Waals surface area (Å²) >= 11 is 0. The van der Waals surface area contributed by atoms with Gasteiger partial charge in [0.1, 0.15) is 5.78 Å². The number of nitrogens with two attached hydrogens (primary N) is 2. The second-order valence-electron chi connectivity index (χ2n) is 6.16. The van der Waals surface area contributed by atoms with Gasteiger partial charge >= 0.3 is 0 Å². The van der Waals surface area contributed by atoms with Crippen LogP contribution in [0.3, 0.4) is 0 Å². The van der Waals surface area contributed by atoms with Gasteiger partial charge in [-0.1, -0.05) is 0 Å². The van der Waals surface area contributed by atoms with Crippen molar-refractivity contribution in [1.82, 2.24) is 5.01 Å². The van der Waals surface area contributed by atoms with Gasteiger partial charge in [0.25, 0.3) is 0 Å². The summed E-state index contributed by atoms with van der Waals surface area (Å²) in [6, 6.07) is 0. The molecule has 0 saturated heterocycles. The standard InChI is InChI=1S/C15H27N3O/c1-11(19)4-2-3-9-18(17)15-8-6-13-10-12(13)5-7-14(15)16/h12-13H,2-10,16-17H2,1H3/b15-14-. The van der Waals surface area contributed by atoms with Crippen LogP contribution in [0, 0.1) is 11.8 Å². The molecule has 0 amide bonds. The Labute approximate surface area is 116 Å². The molecule has 0 radical (unpaired) electrons. The fourth-order valence-corrected chi connectivity index (χ4v) is 3.10. The predicted octanol–water partition coefficient (Wildman–Crippen LogP) is 2.30. The summed E-state index contributed by atoms with van der Waals surface area (Å²) in [5.41, 5.74) is 8.32. The number of ketones is 1. The molecule has 0 aromatic heterocycles. The molecule has 0 aliphatic heterocycles. The van der Waals surface area contributed by atoms with Gasteiger partial charge in [-0.25, -0.2) is 5.84 Å². The second-order valence-corrected chi connectivity index (χ2v) is 6.16. The highest BCUT2D eigenvalue weighted by Gasteiger charge is 2.37. The fourth-order valence-electron chi connectivity index (χ4n) is 3.10. The molecule has 0 bridgehead atoms. The number of allylic oxidation sites excluding steroid dienone is 2. The van der Waals surface area contributed by atoms with Crippen LogP contribution in [0.1, 0.15) is 58.3 Å². The maximum absolute atomic E-state index is 10.9. The zero-order chi connectivity index (χ0) is 13.8. The summed E-state index contributed by atoms with van der Waals surface area (Å²) < 4.78 is 0. The zero-order valence-corrected chi connectivity index (χ0v) is 12.0. The summed E-state index contributed by atoms with van der Waals surface area (Å²) in [7, 11) is 0. The molecule has 2 rings (SSSR count). The third-order valence-corrected chi connectivity index (χ3v) is 4.50. The number of carbonyl (C=O) groups is 1. The van der Waals surface area contributed by atoms with Gasteiger partial charge in [0.05, 0.1) is 0 Å². The number of fused-ring (bicyclic) bond motifs is 1. The highest BCUT2D eigenvalue weighted by Crippen LogP contribution is 2.47. The first-order valence-electron chi connectivity index (χ1n) is 7.57.